The van der Waals surface area contributed by atoms with Gasteiger partial charge in [0.1, 0.15) is 5.78 Å². The molecule has 1 aliphatic rings. The lowest BCUT2D eigenvalue weighted by Crippen LogP contribution is -2.35. The molecule has 0 aliphatic heterocycles. The first-order valence-electron chi connectivity index (χ1n) is 5.08. The normalized spacial score (nSPS) is 23.6. The smallest absolute Gasteiger partial charge is 0.233 e. The van der Waals surface area contributed by atoms with E-state index in [-0.39, 0.29) is 23.7 Å². The summed E-state index contributed by atoms with van der Waals surface area (Å²) in [6.45, 7) is 4.29. The lowest BCUT2D eigenvalue weighted by atomic mass is 9.90. The number of hydrogen-bond acceptors (Lipinski definition) is 2. The van der Waals surface area contributed by atoms with Gasteiger partial charge in [-0.15, -0.1) is 6.42 Å². The van der Waals surface area contributed by atoms with E-state index in [1.54, 1.807) is 7.05 Å². The Bertz CT molecular complexity index is 325. The first-order valence-corrected chi connectivity index (χ1v) is 5.08. The number of amides is 1. The molecule has 0 aromatic rings. The molecule has 1 aliphatic carbocycles. The molecule has 1 fully saturated rings. The van der Waals surface area contributed by atoms with E-state index < -0.39 is 5.92 Å². The monoisotopic (exact) mass is 207 g/mol. The Hall–Kier alpha value is -1.30. The van der Waals surface area contributed by atoms with Crippen LogP contribution in [0.5, 0.6) is 0 Å². The summed E-state index contributed by atoms with van der Waals surface area (Å²) in [5, 5.41) is 0. The van der Waals surface area contributed by atoms with Crippen LogP contribution in [0.25, 0.3) is 0 Å². The Kier molecular flexibility index (Phi) is 3.18. The van der Waals surface area contributed by atoms with Crippen molar-refractivity contribution < 1.29 is 9.59 Å². The number of terminal acetylenes is 1. The molecule has 0 saturated heterocycles. The standard InChI is InChI=1S/C12H17NO2/c1-5-6-13(4)11(15)9-7-12(2,3)8-10(9)14/h1,9H,6-8H2,2-4H3. The van der Waals surface area contributed by atoms with Crippen molar-refractivity contribution in [3.63, 3.8) is 0 Å². The molecule has 1 atom stereocenters. The molecule has 0 N–H and O–H groups in total. The van der Waals surface area contributed by atoms with Gasteiger partial charge < -0.3 is 4.90 Å². The zero-order valence-corrected chi connectivity index (χ0v) is 9.54. The van der Waals surface area contributed by atoms with Gasteiger partial charge >= 0.3 is 0 Å². The maximum absolute atomic E-state index is 11.8. The molecule has 15 heavy (non-hydrogen) atoms. The predicted octanol–water partition coefficient (Wildman–Crippen LogP) is 1.08. The Labute approximate surface area is 90.8 Å². The summed E-state index contributed by atoms with van der Waals surface area (Å²) < 4.78 is 0. The summed E-state index contributed by atoms with van der Waals surface area (Å²) in [6.07, 6.45) is 6.26. The lowest BCUT2D eigenvalue weighted by Gasteiger charge is -2.19. The molecule has 1 saturated carbocycles. The van der Waals surface area contributed by atoms with Crippen molar-refractivity contribution in [2.75, 3.05) is 13.6 Å². The largest absolute Gasteiger partial charge is 0.334 e. The van der Waals surface area contributed by atoms with Crippen molar-refractivity contribution >= 4 is 11.7 Å². The van der Waals surface area contributed by atoms with E-state index in [2.05, 4.69) is 5.92 Å². The van der Waals surface area contributed by atoms with Gasteiger partial charge in [0.05, 0.1) is 12.5 Å². The fourth-order valence-corrected chi connectivity index (χ4v) is 2.04. The Morgan fingerprint density at radius 3 is 2.67 bits per heavy atom. The van der Waals surface area contributed by atoms with E-state index in [9.17, 15) is 9.59 Å². The summed E-state index contributed by atoms with van der Waals surface area (Å²) in [6, 6.07) is 0. The van der Waals surface area contributed by atoms with Crippen molar-refractivity contribution in [1.29, 1.82) is 0 Å². The van der Waals surface area contributed by atoms with Crippen LogP contribution in [0.15, 0.2) is 0 Å². The summed E-state index contributed by atoms with van der Waals surface area (Å²) in [7, 11) is 1.64. The highest BCUT2D eigenvalue weighted by atomic mass is 16.2. The number of nitrogens with zero attached hydrogens (tertiary/aromatic N) is 1. The van der Waals surface area contributed by atoms with Crippen molar-refractivity contribution in [2.45, 2.75) is 26.7 Å². The fourth-order valence-electron chi connectivity index (χ4n) is 2.04. The highest BCUT2D eigenvalue weighted by Gasteiger charge is 2.42. The van der Waals surface area contributed by atoms with Crippen molar-refractivity contribution in [1.82, 2.24) is 4.90 Å². The van der Waals surface area contributed by atoms with E-state index in [1.165, 1.54) is 4.90 Å². The molecule has 1 amide bonds. The Morgan fingerprint density at radius 1 is 1.67 bits per heavy atom. The minimum absolute atomic E-state index is 0.0472. The SMILES string of the molecule is C#CCN(C)C(=O)C1CC(C)(C)CC1=O. The van der Waals surface area contributed by atoms with Crippen LogP contribution in [-0.4, -0.2) is 30.2 Å². The number of hydrogen-bond donors (Lipinski definition) is 0. The minimum atomic E-state index is -0.474. The first kappa shape index (κ1) is 11.8. The summed E-state index contributed by atoms with van der Waals surface area (Å²) in [4.78, 5) is 24.9. The minimum Gasteiger partial charge on any atom is -0.334 e. The van der Waals surface area contributed by atoms with Crippen LogP contribution in [0, 0.1) is 23.7 Å². The Morgan fingerprint density at radius 2 is 2.27 bits per heavy atom. The maximum atomic E-state index is 11.8. The number of Topliss-reactive ketones (excluding diaryl/α,β-unsaturated/α-hetero) is 1. The van der Waals surface area contributed by atoms with E-state index in [0.717, 1.165) is 0 Å². The predicted molar refractivity (Wildman–Crippen MR) is 58.0 cm³/mol. The van der Waals surface area contributed by atoms with E-state index in [0.29, 0.717) is 12.8 Å². The molecule has 0 heterocycles. The molecular formula is C12H17NO2. The molecule has 3 heteroatoms. The zero-order valence-electron chi connectivity index (χ0n) is 9.54. The average Bonchev–Trinajstić information content (AvgIpc) is 2.39. The third-order valence-corrected chi connectivity index (χ3v) is 2.80. The molecule has 1 rings (SSSR count). The van der Waals surface area contributed by atoms with Crippen LogP contribution in [0.3, 0.4) is 0 Å². The molecule has 3 nitrogen and oxygen atoms in total. The number of carbonyl (C=O) groups is 2. The molecule has 1 unspecified atom stereocenters. The molecule has 0 bridgehead atoms. The summed E-state index contributed by atoms with van der Waals surface area (Å²) >= 11 is 0. The number of ketones is 1. The second-order valence-corrected chi connectivity index (χ2v) is 4.96. The van der Waals surface area contributed by atoms with E-state index in [1.807, 2.05) is 13.8 Å². The molecule has 0 aromatic carbocycles. The summed E-state index contributed by atoms with van der Waals surface area (Å²) in [5.41, 5.74) is -0.0472. The van der Waals surface area contributed by atoms with Crippen LogP contribution in [0.4, 0.5) is 0 Å². The number of rotatable bonds is 2. The van der Waals surface area contributed by atoms with Crippen LogP contribution < -0.4 is 0 Å². The van der Waals surface area contributed by atoms with Gasteiger partial charge in [-0.05, 0) is 11.8 Å². The van der Waals surface area contributed by atoms with Gasteiger partial charge in [-0.2, -0.15) is 0 Å². The van der Waals surface area contributed by atoms with E-state index in [4.69, 9.17) is 6.42 Å². The molecule has 0 aromatic heterocycles. The summed E-state index contributed by atoms with van der Waals surface area (Å²) in [5.74, 6) is 1.84. The van der Waals surface area contributed by atoms with Gasteiger partial charge in [0.15, 0.2) is 0 Å². The highest BCUT2D eigenvalue weighted by molar-refractivity contribution is 6.03. The third kappa shape index (κ3) is 2.59. The van der Waals surface area contributed by atoms with Crippen molar-refractivity contribution in [2.24, 2.45) is 11.3 Å². The van der Waals surface area contributed by atoms with Gasteiger partial charge in [0, 0.05) is 13.5 Å². The van der Waals surface area contributed by atoms with Crippen LogP contribution in [0.2, 0.25) is 0 Å². The van der Waals surface area contributed by atoms with Crippen LogP contribution in [0.1, 0.15) is 26.7 Å². The third-order valence-electron chi connectivity index (χ3n) is 2.80. The van der Waals surface area contributed by atoms with Crippen LogP contribution >= 0.6 is 0 Å². The van der Waals surface area contributed by atoms with E-state index >= 15 is 0 Å². The fraction of sp³-hybridized carbons (Fsp3) is 0.667. The zero-order chi connectivity index (χ0) is 11.6. The van der Waals surface area contributed by atoms with Gasteiger partial charge in [-0.3, -0.25) is 9.59 Å². The maximum Gasteiger partial charge on any atom is 0.233 e. The van der Waals surface area contributed by atoms with Crippen LogP contribution in [-0.2, 0) is 9.59 Å². The molecule has 82 valence electrons. The van der Waals surface area contributed by atoms with Crippen molar-refractivity contribution in [3.05, 3.63) is 0 Å². The number of carbonyl (C=O) groups excluding carboxylic acids is 2. The average molecular weight is 207 g/mol. The van der Waals surface area contributed by atoms with Gasteiger partial charge in [0.2, 0.25) is 5.91 Å². The topological polar surface area (TPSA) is 37.4 Å². The lowest BCUT2D eigenvalue weighted by molar-refractivity contribution is -0.138. The molecular weight excluding hydrogens is 190 g/mol. The van der Waals surface area contributed by atoms with Gasteiger partial charge in [-0.1, -0.05) is 19.8 Å². The van der Waals surface area contributed by atoms with Gasteiger partial charge in [-0.25, -0.2) is 0 Å². The molecule has 0 spiro atoms. The Balaban J connectivity index is 2.70. The van der Waals surface area contributed by atoms with Crippen molar-refractivity contribution in [3.8, 4) is 12.3 Å². The second kappa shape index (κ2) is 4.06. The van der Waals surface area contributed by atoms with Gasteiger partial charge in [0.25, 0.3) is 0 Å². The highest BCUT2D eigenvalue weighted by Crippen LogP contribution is 2.39. The molecule has 0 radical (unpaired) electrons. The quantitative estimate of drug-likeness (QED) is 0.502. The first-order chi connectivity index (χ1) is 6.87. The second-order valence-electron chi connectivity index (χ2n) is 4.96.